The molecule has 2 atom stereocenters. The average molecular weight is 259 g/mol. The molecular weight excluding hydrogens is 230 g/mol. The van der Waals surface area contributed by atoms with Gasteiger partial charge in [0.2, 0.25) is 0 Å². The number of nitrogens with two attached hydrogens (primary N) is 1. The third kappa shape index (κ3) is 4.83. The molecule has 1 heteroatoms. The highest BCUT2D eigenvalue weighted by Gasteiger charge is 2.31. The number of allylic oxidation sites excluding steroid dienone is 6. The van der Waals surface area contributed by atoms with E-state index in [0.717, 1.165) is 25.7 Å². The van der Waals surface area contributed by atoms with E-state index in [0.29, 0.717) is 5.92 Å². The molecule has 0 saturated heterocycles. The Labute approximate surface area is 119 Å². The van der Waals surface area contributed by atoms with E-state index in [-0.39, 0.29) is 5.54 Å². The Morgan fingerprint density at radius 2 is 2.05 bits per heavy atom. The van der Waals surface area contributed by atoms with E-state index in [1.165, 1.54) is 16.7 Å². The summed E-state index contributed by atoms with van der Waals surface area (Å²) in [5.41, 5.74) is 10.7. The van der Waals surface area contributed by atoms with Crippen LogP contribution in [0.25, 0.3) is 0 Å². The highest BCUT2D eigenvalue weighted by molar-refractivity contribution is 5.24. The Hall–Kier alpha value is -1.08. The van der Waals surface area contributed by atoms with Crippen LogP contribution < -0.4 is 5.73 Å². The van der Waals surface area contributed by atoms with Gasteiger partial charge in [0.05, 0.1) is 0 Å². The van der Waals surface area contributed by atoms with Crippen LogP contribution in [0.5, 0.6) is 0 Å². The third-order valence-electron chi connectivity index (χ3n) is 4.30. The molecule has 1 nitrogen and oxygen atoms in total. The molecule has 0 aromatic rings. The van der Waals surface area contributed by atoms with Gasteiger partial charge < -0.3 is 5.73 Å². The average Bonchev–Trinajstić information content (AvgIpc) is 2.34. The van der Waals surface area contributed by atoms with Gasteiger partial charge in [-0.2, -0.15) is 0 Å². The van der Waals surface area contributed by atoms with Crippen LogP contribution in [0.4, 0.5) is 0 Å². The SMILES string of the molecule is C=C(/C=C\C=C/C)C(C)CC1(N)CCC(C)=C(C)C1. The van der Waals surface area contributed by atoms with Crippen molar-refractivity contribution in [1.29, 1.82) is 0 Å². The molecule has 0 bridgehead atoms. The zero-order valence-electron chi connectivity index (χ0n) is 13.0. The molecule has 2 N–H and O–H groups in total. The van der Waals surface area contributed by atoms with Gasteiger partial charge in [-0.25, -0.2) is 0 Å². The van der Waals surface area contributed by atoms with Crippen LogP contribution in [0.15, 0.2) is 47.6 Å². The van der Waals surface area contributed by atoms with Crippen molar-refractivity contribution in [1.82, 2.24) is 0 Å². The topological polar surface area (TPSA) is 26.0 Å². The van der Waals surface area contributed by atoms with Gasteiger partial charge in [-0.05, 0) is 52.4 Å². The van der Waals surface area contributed by atoms with E-state index in [9.17, 15) is 0 Å². The van der Waals surface area contributed by atoms with Crippen LogP contribution in [0.3, 0.4) is 0 Å². The predicted molar refractivity (Wildman–Crippen MR) is 86.0 cm³/mol. The van der Waals surface area contributed by atoms with Gasteiger partial charge in [-0.1, -0.05) is 54.5 Å². The van der Waals surface area contributed by atoms with Gasteiger partial charge >= 0.3 is 0 Å². The molecular formula is C18H29N. The van der Waals surface area contributed by atoms with E-state index in [1.54, 1.807) is 0 Å². The lowest BCUT2D eigenvalue weighted by atomic mass is 9.74. The zero-order chi connectivity index (χ0) is 14.5. The smallest absolute Gasteiger partial charge is 0.0200 e. The van der Waals surface area contributed by atoms with E-state index in [1.807, 2.05) is 19.1 Å². The number of hydrogen-bond acceptors (Lipinski definition) is 1. The minimum absolute atomic E-state index is 0.0413. The van der Waals surface area contributed by atoms with Crippen LogP contribution >= 0.6 is 0 Å². The van der Waals surface area contributed by atoms with Crippen molar-refractivity contribution in [3.05, 3.63) is 47.6 Å². The quantitative estimate of drug-likeness (QED) is 0.550. The Morgan fingerprint density at radius 3 is 2.63 bits per heavy atom. The van der Waals surface area contributed by atoms with Crippen molar-refractivity contribution in [2.24, 2.45) is 11.7 Å². The lowest BCUT2D eigenvalue weighted by Crippen LogP contribution is -2.43. The highest BCUT2D eigenvalue weighted by atomic mass is 14.7. The largest absolute Gasteiger partial charge is 0.325 e. The molecule has 2 unspecified atom stereocenters. The molecule has 0 aromatic carbocycles. The maximum Gasteiger partial charge on any atom is 0.0200 e. The van der Waals surface area contributed by atoms with Crippen molar-refractivity contribution in [3.63, 3.8) is 0 Å². The Kier molecular flexibility index (Phi) is 5.81. The normalized spacial score (nSPS) is 26.4. The maximum absolute atomic E-state index is 6.59. The second-order valence-corrected chi connectivity index (χ2v) is 6.16. The van der Waals surface area contributed by atoms with Gasteiger partial charge in [0.15, 0.2) is 0 Å². The van der Waals surface area contributed by atoms with E-state index in [2.05, 4.69) is 39.5 Å². The Bertz CT molecular complexity index is 411. The summed E-state index contributed by atoms with van der Waals surface area (Å²) in [4.78, 5) is 0. The summed E-state index contributed by atoms with van der Waals surface area (Å²) in [5, 5.41) is 0. The summed E-state index contributed by atoms with van der Waals surface area (Å²) in [6, 6.07) is 0. The van der Waals surface area contributed by atoms with Gasteiger partial charge in [-0.3, -0.25) is 0 Å². The fourth-order valence-corrected chi connectivity index (χ4v) is 2.79. The molecule has 106 valence electrons. The first-order chi connectivity index (χ1) is 8.88. The summed E-state index contributed by atoms with van der Waals surface area (Å²) in [6.07, 6.45) is 12.5. The van der Waals surface area contributed by atoms with E-state index < -0.39 is 0 Å². The van der Waals surface area contributed by atoms with Gasteiger partial charge in [0.1, 0.15) is 0 Å². The summed E-state index contributed by atoms with van der Waals surface area (Å²) in [5.74, 6) is 0.442. The van der Waals surface area contributed by atoms with Crippen molar-refractivity contribution in [2.75, 3.05) is 0 Å². The highest BCUT2D eigenvalue weighted by Crippen LogP contribution is 2.36. The summed E-state index contributed by atoms with van der Waals surface area (Å²) in [7, 11) is 0. The summed E-state index contributed by atoms with van der Waals surface area (Å²) in [6.45, 7) is 12.9. The van der Waals surface area contributed by atoms with Crippen LogP contribution in [-0.2, 0) is 0 Å². The molecule has 0 fully saturated rings. The zero-order valence-corrected chi connectivity index (χ0v) is 13.0. The van der Waals surface area contributed by atoms with Crippen molar-refractivity contribution < 1.29 is 0 Å². The standard InChI is InChI=1S/C18H29N/c1-6-7-8-9-14(2)16(4)12-18(19)11-10-15(3)17(5)13-18/h6-9,16H,2,10-13,19H2,1,3-5H3/b7-6-,9-8-. The molecule has 0 heterocycles. The maximum atomic E-state index is 6.59. The summed E-state index contributed by atoms with van der Waals surface area (Å²) < 4.78 is 0. The predicted octanol–water partition coefficient (Wildman–Crippen LogP) is 4.92. The van der Waals surface area contributed by atoms with E-state index >= 15 is 0 Å². The second-order valence-electron chi connectivity index (χ2n) is 6.16. The second kappa shape index (κ2) is 6.91. The van der Waals surface area contributed by atoms with E-state index in [4.69, 9.17) is 5.73 Å². The van der Waals surface area contributed by atoms with Crippen molar-refractivity contribution in [2.45, 2.75) is 58.9 Å². The number of rotatable bonds is 5. The van der Waals surface area contributed by atoms with Crippen LogP contribution in [0, 0.1) is 5.92 Å². The number of hydrogen-bond donors (Lipinski definition) is 1. The Balaban J connectivity index is 2.61. The molecule has 1 aliphatic rings. The Morgan fingerprint density at radius 1 is 1.37 bits per heavy atom. The lowest BCUT2D eigenvalue weighted by molar-refractivity contribution is 0.312. The van der Waals surface area contributed by atoms with Crippen molar-refractivity contribution >= 4 is 0 Å². The fourth-order valence-electron chi connectivity index (χ4n) is 2.79. The molecule has 0 aromatic heterocycles. The molecule has 19 heavy (non-hydrogen) atoms. The monoisotopic (exact) mass is 259 g/mol. The van der Waals surface area contributed by atoms with Crippen molar-refractivity contribution in [3.8, 4) is 0 Å². The van der Waals surface area contributed by atoms with Gasteiger partial charge in [-0.15, -0.1) is 0 Å². The lowest BCUT2D eigenvalue weighted by Gasteiger charge is -2.37. The molecule has 0 spiro atoms. The van der Waals surface area contributed by atoms with Crippen LogP contribution in [0.2, 0.25) is 0 Å². The molecule has 0 saturated carbocycles. The molecule has 1 aliphatic carbocycles. The third-order valence-corrected chi connectivity index (χ3v) is 4.30. The first kappa shape index (κ1) is 16.0. The summed E-state index contributed by atoms with van der Waals surface area (Å²) >= 11 is 0. The van der Waals surface area contributed by atoms with Crippen LogP contribution in [-0.4, -0.2) is 5.54 Å². The van der Waals surface area contributed by atoms with Gasteiger partial charge in [0, 0.05) is 5.54 Å². The molecule has 1 rings (SSSR count). The molecule has 0 radical (unpaired) electrons. The minimum Gasteiger partial charge on any atom is -0.325 e. The first-order valence-corrected chi connectivity index (χ1v) is 7.30. The molecule has 0 amide bonds. The molecule has 0 aliphatic heterocycles. The minimum atomic E-state index is -0.0413. The first-order valence-electron chi connectivity index (χ1n) is 7.30. The van der Waals surface area contributed by atoms with Crippen LogP contribution in [0.1, 0.15) is 53.4 Å². The fraction of sp³-hybridized carbons (Fsp3) is 0.556. The van der Waals surface area contributed by atoms with Gasteiger partial charge in [0.25, 0.3) is 0 Å².